The summed E-state index contributed by atoms with van der Waals surface area (Å²) in [5.41, 5.74) is 6.66. The number of hydrogen-bond donors (Lipinski definition) is 3. The molecule has 5 rings (SSSR count). The van der Waals surface area contributed by atoms with Gasteiger partial charge in [-0.25, -0.2) is 15.2 Å². The second kappa shape index (κ2) is 10.0. The van der Waals surface area contributed by atoms with E-state index in [2.05, 4.69) is 57.4 Å². The lowest BCUT2D eigenvalue weighted by molar-refractivity contribution is 0.103. The van der Waals surface area contributed by atoms with Crippen LogP contribution in [0.25, 0.3) is 22.3 Å². The van der Waals surface area contributed by atoms with Gasteiger partial charge in [0, 0.05) is 31.9 Å². The molecular formula is C24H33N9O. The highest BCUT2D eigenvalue weighted by molar-refractivity contribution is 5.91. The van der Waals surface area contributed by atoms with Crippen molar-refractivity contribution in [2.45, 2.75) is 64.3 Å². The molecule has 0 saturated heterocycles. The number of unbranched alkanes of at least 4 members (excludes halogenated alkanes) is 1. The fourth-order valence-electron chi connectivity index (χ4n) is 4.72. The number of aromatic nitrogens is 4. The molecule has 1 unspecified atom stereocenters. The van der Waals surface area contributed by atoms with Crippen LogP contribution in [0, 0.1) is 5.92 Å². The van der Waals surface area contributed by atoms with Crippen LogP contribution < -0.4 is 10.9 Å². The van der Waals surface area contributed by atoms with Crippen molar-refractivity contribution < 1.29 is 5.11 Å². The lowest BCUT2D eigenvalue weighted by Gasteiger charge is -2.25. The normalized spacial score (nSPS) is 22.9. The largest absolute Gasteiger partial charge is 0.393 e. The Morgan fingerprint density at radius 1 is 1.15 bits per heavy atom. The average Bonchev–Trinajstić information content (AvgIpc) is 3.44. The summed E-state index contributed by atoms with van der Waals surface area (Å²) in [6.07, 6.45) is 7.53. The number of fused-ring (bicyclic) bond motifs is 1. The smallest absolute Gasteiger partial charge is 0.224 e. The van der Waals surface area contributed by atoms with E-state index in [9.17, 15) is 5.11 Å². The fourth-order valence-corrected chi connectivity index (χ4v) is 4.72. The van der Waals surface area contributed by atoms with Gasteiger partial charge in [-0.15, -0.1) is 5.11 Å². The number of hydrogen-bond acceptors (Lipinski definition) is 9. The molecule has 1 fully saturated rings. The first kappa shape index (κ1) is 22.7. The molecule has 0 radical (unpaired) electrons. The van der Waals surface area contributed by atoms with Gasteiger partial charge in [-0.2, -0.15) is 15.1 Å². The molecule has 34 heavy (non-hydrogen) atoms. The first-order valence-electron chi connectivity index (χ1n) is 12.3. The first-order valence-corrected chi connectivity index (χ1v) is 12.3. The van der Waals surface area contributed by atoms with Crippen molar-refractivity contribution in [3.63, 3.8) is 0 Å². The average molecular weight is 464 g/mol. The maximum atomic E-state index is 9.90. The summed E-state index contributed by atoms with van der Waals surface area (Å²) in [5, 5.41) is 29.2. The highest BCUT2D eigenvalue weighted by Gasteiger charge is 2.24. The Balaban J connectivity index is 1.46. The van der Waals surface area contributed by atoms with E-state index >= 15 is 0 Å². The molecule has 2 aromatic heterocycles. The Labute approximate surface area is 199 Å². The number of benzene rings is 1. The Hall–Kier alpha value is -3.11. The molecular weight excluding hydrogens is 430 g/mol. The zero-order valence-corrected chi connectivity index (χ0v) is 19.9. The van der Waals surface area contributed by atoms with E-state index in [1.807, 2.05) is 22.9 Å². The van der Waals surface area contributed by atoms with Crippen LogP contribution in [-0.2, 0) is 6.54 Å². The second-order valence-corrected chi connectivity index (χ2v) is 9.34. The van der Waals surface area contributed by atoms with Crippen molar-refractivity contribution >= 4 is 17.0 Å². The third-order valence-corrected chi connectivity index (χ3v) is 6.77. The Morgan fingerprint density at radius 2 is 1.94 bits per heavy atom. The number of rotatable bonds is 8. The molecule has 1 saturated carbocycles. The Bertz CT molecular complexity index is 1140. The topological polar surface area (TPSA) is 116 Å². The van der Waals surface area contributed by atoms with Crippen LogP contribution in [0.15, 0.2) is 40.8 Å². The molecule has 1 aliphatic carbocycles. The van der Waals surface area contributed by atoms with Crippen molar-refractivity contribution in [1.82, 2.24) is 30.3 Å². The molecule has 10 heteroatoms. The summed E-state index contributed by atoms with van der Waals surface area (Å²) in [6, 6.07) is 8.29. The molecule has 1 aromatic carbocycles. The third-order valence-electron chi connectivity index (χ3n) is 6.77. The van der Waals surface area contributed by atoms with Crippen molar-refractivity contribution in [2.75, 3.05) is 18.9 Å². The third kappa shape index (κ3) is 4.74. The SMILES string of the molecule is CCCCNc1ncc2c(-c3ccc(C4N=NNN4C)cc3)nn(CC3CCC(O)CC3)c2n1. The van der Waals surface area contributed by atoms with Gasteiger partial charge in [-0.1, -0.05) is 42.8 Å². The van der Waals surface area contributed by atoms with Crippen LogP contribution in [0.5, 0.6) is 0 Å². The van der Waals surface area contributed by atoms with Crippen molar-refractivity contribution in [2.24, 2.45) is 16.3 Å². The van der Waals surface area contributed by atoms with E-state index < -0.39 is 0 Å². The Kier molecular flexibility index (Phi) is 6.68. The number of anilines is 1. The van der Waals surface area contributed by atoms with Gasteiger partial charge in [0.2, 0.25) is 5.95 Å². The van der Waals surface area contributed by atoms with Crippen LogP contribution in [-0.4, -0.2) is 49.6 Å². The molecule has 0 bridgehead atoms. The van der Waals surface area contributed by atoms with Crippen LogP contribution >= 0.6 is 0 Å². The number of aliphatic hydroxyl groups excluding tert-OH is 1. The van der Waals surface area contributed by atoms with E-state index in [-0.39, 0.29) is 12.3 Å². The number of aliphatic hydroxyl groups is 1. The van der Waals surface area contributed by atoms with Crippen LogP contribution in [0.2, 0.25) is 0 Å². The van der Waals surface area contributed by atoms with E-state index in [1.54, 1.807) is 0 Å². The standard InChI is InChI=1S/C24H33N9O/c1-3-4-13-25-24-26-14-20-21(17-7-9-18(10-8-17)22-28-30-31-32(22)2)29-33(23(20)27-24)15-16-5-11-19(34)12-6-16/h7-10,14,16,19,22,34H,3-6,11-13,15H2,1-2H3,(H,28,31)(H,25,26,27). The lowest BCUT2D eigenvalue weighted by Crippen LogP contribution is -2.27. The van der Waals surface area contributed by atoms with Gasteiger partial charge >= 0.3 is 0 Å². The molecule has 1 aliphatic heterocycles. The highest BCUT2D eigenvalue weighted by atomic mass is 16.3. The molecule has 3 aromatic rings. The predicted molar refractivity (Wildman–Crippen MR) is 131 cm³/mol. The molecule has 180 valence electrons. The van der Waals surface area contributed by atoms with E-state index in [4.69, 9.17) is 10.1 Å². The summed E-state index contributed by atoms with van der Waals surface area (Å²) < 4.78 is 2.04. The Morgan fingerprint density at radius 3 is 2.65 bits per heavy atom. The van der Waals surface area contributed by atoms with Gasteiger partial charge in [0.25, 0.3) is 0 Å². The van der Waals surface area contributed by atoms with Crippen LogP contribution in [0.3, 0.4) is 0 Å². The molecule has 0 amide bonds. The quantitative estimate of drug-likeness (QED) is 0.431. The molecule has 3 heterocycles. The summed E-state index contributed by atoms with van der Waals surface area (Å²) in [5.74, 6) is 1.13. The monoisotopic (exact) mass is 463 g/mol. The minimum atomic E-state index is -0.162. The van der Waals surface area contributed by atoms with E-state index in [0.717, 1.165) is 79.5 Å². The molecule has 1 atom stereocenters. The van der Waals surface area contributed by atoms with Gasteiger partial charge in [-0.05, 0) is 43.6 Å². The number of nitrogens with one attached hydrogen (secondary N) is 2. The number of nitrogens with zero attached hydrogens (tertiary/aromatic N) is 7. The summed E-state index contributed by atoms with van der Waals surface area (Å²) in [7, 11) is 1.92. The van der Waals surface area contributed by atoms with Crippen molar-refractivity contribution in [1.29, 1.82) is 0 Å². The van der Waals surface area contributed by atoms with E-state index in [1.165, 1.54) is 0 Å². The highest BCUT2D eigenvalue weighted by Crippen LogP contribution is 2.32. The molecule has 0 spiro atoms. The molecule has 2 aliphatic rings. The molecule has 10 nitrogen and oxygen atoms in total. The summed E-state index contributed by atoms with van der Waals surface area (Å²) in [4.78, 5) is 9.43. The zero-order chi connectivity index (χ0) is 23.5. The van der Waals surface area contributed by atoms with Gasteiger partial charge in [0.15, 0.2) is 11.8 Å². The maximum Gasteiger partial charge on any atom is 0.224 e. The van der Waals surface area contributed by atoms with Gasteiger partial charge in [0.05, 0.1) is 11.5 Å². The van der Waals surface area contributed by atoms with Crippen molar-refractivity contribution in [3.8, 4) is 11.3 Å². The maximum absolute atomic E-state index is 9.90. The van der Waals surface area contributed by atoms with Crippen molar-refractivity contribution in [3.05, 3.63) is 36.0 Å². The minimum absolute atomic E-state index is 0.134. The predicted octanol–water partition coefficient (Wildman–Crippen LogP) is 4.07. The van der Waals surface area contributed by atoms with Crippen LogP contribution in [0.1, 0.15) is 57.2 Å². The van der Waals surface area contributed by atoms with Crippen LogP contribution in [0.4, 0.5) is 5.95 Å². The summed E-state index contributed by atoms with van der Waals surface area (Å²) >= 11 is 0. The van der Waals surface area contributed by atoms with Gasteiger partial charge in [-0.3, -0.25) is 0 Å². The zero-order valence-electron chi connectivity index (χ0n) is 19.9. The van der Waals surface area contributed by atoms with Gasteiger partial charge in [0.1, 0.15) is 5.69 Å². The summed E-state index contributed by atoms with van der Waals surface area (Å²) in [6.45, 7) is 3.82. The first-order chi connectivity index (χ1) is 16.6. The molecule has 3 N–H and O–H groups in total. The number of hydrazine groups is 1. The minimum Gasteiger partial charge on any atom is -0.393 e. The van der Waals surface area contributed by atoms with Gasteiger partial charge < -0.3 is 10.4 Å². The fraction of sp³-hybridized carbons (Fsp3) is 0.542. The second-order valence-electron chi connectivity index (χ2n) is 9.34. The van der Waals surface area contributed by atoms with E-state index in [0.29, 0.717) is 11.9 Å². The lowest BCUT2D eigenvalue weighted by atomic mass is 9.87.